The lowest BCUT2D eigenvalue weighted by Gasteiger charge is -2.33. The molecule has 1 rings (SSSR count). The van der Waals surface area contributed by atoms with Crippen molar-refractivity contribution < 1.29 is 24.2 Å². The third-order valence-electron chi connectivity index (χ3n) is 3.65. The van der Waals surface area contributed by atoms with Crippen molar-refractivity contribution in [3.8, 4) is 11.5 Å². The van der Waals surface area contributed by atoms with Gasteiger partial charge in [0, 0.05) is 0 Å². The van der Waals surface area contributed by atoms with E-state index in [1.807, 2.05) is 13.8 Å². The van der Waals surface area contributed by atoms with Crippen molar-refractivity contribution in [1.82, 2.24) is 5.32 Å². The Morgan fingerprint density at radius 1 is 1.27 bits per heavy atom. The number of carbonyl (C=O) groups excluding carboxylic acids is 1. The maximum Gasteiger partial charge on any atom is 0.305 e. The summed E-state index contributed by atoms with van der Waals surface area (Å²) < 4.78 is 10.6. The third-order valence-corrected chi connectivity index (χ3v) is 3.65. The highest BCUT2D eigenvalue weighted by molar-refractivity contribution is 5.79. The van der Waals surface area contributed by atoms with Gasteiger partial charge in [0.15, 0.2) is 18.1 Å². The van der Waals surface area contributed by atoms with Crippen LogP contribution in [-0.4, -0.2) is 36.2 Å². The van der Waals surface area contributed by atoms with Crippen molar-refractivity contribution in [2.24, 2.45) is 5.92 Å². The molecule has 2 N–H and O–H groups in total. The Balaban J connectivity index is 2.66. The number of aliphatic carboxylic acids is 1. The maximum atomic E-state index is 12.0. The molecule has 0 fully saturated rings. The zero-order chi connectivity index (χ0) is 16.8. The topological polar surface area (TPSA) is 84.9 Å². The molecule has 0 aromatic heterocycles. The fourth-order valence-corrected chi connectivity index (χ4v) is 1.94. The van der Waals surface area contributed by atoms with Gasteiger partial charge in [0.25, 0.3) is 5.91 Å². The summed E-state index contributed by atoms with van der Waals surface area (Å²) >= 11 is 0. The van der Waals surface area contributed by atoms with Crippen LogP contribution in [0.25, 0.3) is 0 Å². The van der Waals surface area contributed by atoms with E-state index in [4.69, 9.17) is 14.6 Å². The number of nitrogens with one attached hydrogen (secondary N) is 1. The number of hydrogen-bond donors (Lipinski definition) is 2. The second-order valence-corrected chi connectivity index (χ2v) is 5.63. The second-order valence-electron chi connectivity index (χ2n) is 5.63. The number of methoxy groups -OCH3 is 1. The van der Waals surface area contributed by atoms with Crippen LogP contribution in [0.15, 0.2) is 24.3 Å². The van der Waals surface area contributed by atoms with Gasteiger partial charge in [-0.1, -0.05) is 26.0 Å². The number of amides is 1. The quantitative estimate of drug-likeness (QED) is 0.768. The molecule has 22 heavy (non-hydrogen) atoms. The number of para-hydroxylation sites is 2. The normalized spacial score (nSPS) is 13.3. The molecule has 0 radical (unpaired) electrons. The average Bonchev–Trinajstić information content (AvgIpc) is 2.44. The van der Waals surface area contributed by atoms with Crippen molar-refractivity contribution in [1.29, 1.82) is 0 Å². The van der Waals surface area contributed by atoms with Gasteiger partial charge in [-0.2, -0.15) is 0 Å². The molecule has 122 valence electrons. The lowest BCUT2D eigenvalue weighted by molar-refractivity contribution is -0.139. The van der Waals surface area contributed by atoms with Crippen LogP contribution in [0.3, 0.4) is 0 Å². The van der Waals surface area contributed by atoms with E-state index in [2.05, 4.69) is 5.32 Å². The molecular formula is C16H23NO5. The van der Waals surface area contributed by atoms with Crippen molar-refractivity contribution in [2.45, 2.75) is 32.7 Å². The first-order chi connectivity index (χ1) is 10.3. The van der Waals surface area contributed by atoms with E-state index >= 15 is 0 Å². The molecular weight excluding hydrogens is 286 g/mol. The highest BCUT2D eigenvalue weighted by atomic mass is 16.5. The summed E-state index contributed by atoms with van der Waals surface area (Å²) in [4.78, 5) is 23.0. The maximum absolute atomic E-state index is 12.0. The first kappa shape index (κ1) is 17.8. The van der Waals surface area contributed by atoms with E-state index in [-0.39, 0.29) is 24.9 Å². The van der Waals surface area contributed by atoms with Gasteiger partial charge in [-0.3, -0.25) is 9.59 Å². The molecule has 1 amide bonds. The predicted octanol–water partition coefficient (Wildman–Crippen LogP) is 2.08. The minimum atomic E-state index is -0.956. The summed E-state index contributed by atoms with van der Waals surface area (Å²) in [5.74, 6) is -0.360. The number of ether oxygens (including phenoxy) is 2. The molecule has 0 saturated heterocycles. The average molecular weight is 309 g/mol. The highest BCUT2D eigenvalue weighted by Crippen LogP contribution is 2.26. The molecule has 0 heterocycles. The van der Waals surface area contributed by atoms with E-state index < -0.39 is 11.5 Å². The standard InChI is InChI=1S/C16H23NO5/c1-11(2)16(3,9-15(19)20)17-14(18)10-22-13-8-6-5-7-12(13)21-4/h5-8,11H,9-10H2,1-4H3,(H,17,18)(H,19,20). The van der Waals surface area contributed by atoms with Gasteiger partial charge in [-0.05, 0) is 25.0 Å². The van der Waals surface area contributed by atoms with E-state index in [9.17, 15) is 9.59 Å². The minimum Gasteiger partial charge on any atom is -0.493 e. The smallest absolute Gasteiger partial charge is 0.305 e. The van der Waals surface area contributed by atoms with Gasteiger partial charge >= 0.3 is 5.97 Å². The number of carbonyl (C=O) groups is 2. The molecule has 6 heteroatoms. The van der Waals surface area contributed by atoms with Crippen molar-refractivity contribution in [3.05, 3.63) is 24.3 Å². The van der Waals surface area contributed by atoms with Crippen molar-refractivity contribution in [3.63, 3.8) is 0 Å². The second kappa shape index (κ2) is 7.68. The molecule has 6 nitrogen and oxygen atoms in total. The lowest BCUT2D eigenvalue weighted by atomic mass is 9.85. The van der Waals surface area contributed by atoms with Crippen LogP contribution in [0.5, 0.6) is 11.5 Å². The first-order valence-electron chi connectivity index (χ1n) is 7.07. The Kier molecular flexibility index (Phi) is 6.22. The fraction of sp³-hybridized carbons (Fsp3) is 0.500. The third kappa shape index (κ3) is 4.95. The van der Waals surface area contributed by atoms with Crippen LogP contribution in [0.2, 0.25) is 0 Å². The molecule has 1 aromatic rings. The number of carboxylic acid groups (broad SMARTS) is 1. The number of benzene rings is 1. The molecule has 0 spiro atoms. The molecule has 1 atom stereocenters. The van der Waals surface area contributed by atoms with Crippen LogP contribution in [0.4, 0.5) is 0 Å². The predicted molar refractivity (Wildman–Crippen MR) is 82.1 cm³/mol. The first-order valence-corrected chi connectivity index (χ1v) is 7.07. The van der Waals surface area contributed by atoms with E-state index in [1.165, 1.54) is 7.11 Å². The van der Waals surface area contributed by atoms with Gasteiger partial charge < -0.3 is 19.9 Å². The summed E-state index contributed by atoms with van der Waals surface area (Å²) in [6.07, 6.45) is -0.148. The van der Waals surface area contributed by atoms with E-state index in [0.717, 1.165) is 0 Å². The van der Waals surface area contributed by atoms with Gasteiger partial charge in [-0.15, -0.1) is 0 Å². The van der Waals surface area contributed by atoms with Crippen molar-refractivity contribution in [2.75, 3.05) is 13.7 Å². The zero-order valence-electron chi connectivity index (χ0n) is 13.4. The number of carboxylic acids is 1. The van der Waals surface area contributed by atoms with Gasteiger partial charge in [0.1, 0.15) is 0 Å². The molecule has 0 aliphatic heterocycles. The van der Waals surface area contributed by atoms with Crippen LogP contribution in [0.1, 0.15) is 27.2 Å². The summed E-state index contributed by atoms with van der Waals surface area (Å²) in [5.41, 5.74) is -0.826. The Hall–Kier alpha value is -2.24. The number of hydrogen-bond acceptors (Lipinski definition) is 4. The molecule has 1 unspecified atom stereocenters. The fourth-order valence-electron chi connectivity index (χ4n) is 1.94. The van der Waals surface area contributed by atoms with Crippen LogP contribution >= 0.6 is 0 Å². The van der Waals surface area contributed by atoms with Gasteiger partial charge in [-0.25, -0.2) is 0 Å². The summed E-state index contributed by atoms with van der Waals surface area (Å²) in [6.45, 7) is 5.24. The molecule has 0 bridgehead atoms. The Labute approximate surface area is 130 Å². The minimum absolute atomic E-state index is 0.0289. The zero-order valence-corrected chi connectivity index (χ0v) is 13.4. The highest BCUT2D eigenvalue weighted by Gasteiger charge is 2.32. The van der Waals surface area contributed by atoms with E-state index in [1.54, 1.807) is 31.2 Å². The SMILES string of the molecule is COc1ccccc1OCC(=O)NC(C)(CC(=O)O)C(C)C. The molecule has 1 aromatic carbocycles. The summed E-state index contributed by atoms with van der Waals surface area (Å²) in [5, 5.41) is 11.7. The van der Waals surface area contributed by atoms with Crippen LogP contribution < -0.4 is 14.8 Å². The Morgan fingerprint density at radius 2 is 1.86 bits per heavy atom. The van der Waals surface area contributed by atoms with Crippen molar-refractivity contribution >= 4 is 11.9 Å². The van der Waals surface area contributed by atoms with Gasteiger partial charge in [0.05, 0.1) is 19.1 Å². The summed E-state index contributed by atoms with van der Waals surface area (Å²) in [7, 11) is 1.52. The Bertz CT molecular complexity index is 529. The summed E-state index contributed by atoms with van der Waals surface area (Å²) in [6, 6.07) is 7.01. The van der Waals surface area contributed by atoms with Crippen LogP contribution in [0, 0.1) is 5.92 Å². The number of rotatable bonds is 8. The molecule has 0 aliphatic carbocycles. The largest absolute Gasteiger partial charge is 0.493 e. The van der Waals surface area contributed by atoms with Gasteiger partial charge in [0.2, 0.25) is 0 Å². The lowest BCUT2D eigenvalue weighted by Crippen LogP contribution is -2.52. The Morgan fingerprint density at radius 3 is 2.36 bits per heavy atom. The van der Waals surface area contributed by atoms with Crippen LogP contribution in [-0.2, 0) is 9.59 Å². The van der Waals surface area contributed by atoms with E-state index in [0.29, 0.717) is 11.5 Å². The molecule has 0 saturated carbocycles. The molecule has 0 aliphatic rings. The monoisotopic (exact) mass is 309 g/mol.